The van der Waals surface area contributed by atoms with Crippen molar-refractivity contribution in [2.24, 2.45) is 0 Å². The Morgan fingerprint density at radius 2 is 2.00 bits per heavy atom. The predicted molar refractivity (Wildman–Crippen MR) is 67.7 cm³/mol. The van der Waals surface area contributed by atoms with Crippen LogP contribution in [0.3, 0.4) is 0 Å². The molecule has 2 rings (SSSR count). The molecular formula is C13H18N2O2. The van der Waals surface area contributed by atoms with Crippen molar-refractivity contribution in [3.05, 3.63) is 36.0 Å². The molecule has 1 aromatic heterocycles. The Labute approximate surface area is 100 Å². The Balaban J connectivity index is 2.16. The van der Waals surface area contributed by atoms with Crippen LogP contribution in [0.4, 0.5) is 0 Å². The number of fused-ring (bicyclic) bond motifs is 1. The van der Waals surface area contributed by atoms with Gasteiger partial charge in [-0.15, -0.1) is 0 Å². The fourth-order valence-electron chi connectivity index (χ4n) is 1.77. The summed E-state index contributed by atoms with van der Waals surface area (Å²) in [7, 11) is 0. The molecule has 4 heteroatoms. The molecular weight excluding hydrogens is 216 g/mol. The Morgan fingerprint density at radius 3 is 2.71 bits per heavy atom. The van der Waals surface area contributed by atoms with E-state index in [9.17, 15) is 10.2 Å². The molecule has 1 heterocycles. The Hall–Kier alpha value is -1.36. The molecule has 0 aliphatic heterocycles. The van der Waals surface area contributed by atoms with Crippen LogP contribution in [-0.2, 0) is 6.54 Å². The van der Waals surface area contributed by atoms with E-state index in [-0.39, 0.29) is 13.2 Å². The Bertz CT molecular complexity index is 489. The third kappa shape index (κ3) is 2.49. The number of rotatable bonds is 5. The summed E-state index contributed by atoms with van der Waals surface area (Å²) < 4.78 is 0. The molecule has 0 amide bonds. The average molecular weight is 234 g/mol. The molecule has 1 aromatic carbocycles. The second kappa shape index (κ2) is 4.87. The van der Waals surface area contributed by atoms with Gasteiger partial charge in [-0.1, -0.05) is 18.2 Å². The lowest BCUT2D eigenvalue weighted by Crippen LogP contribution is -2.48. The SMILES string of the molecule is CC(CO)(CO)NCc1cccc2cc[nH]c12. The molecule has 4 N–H and O–H groups in total. The van der Waals surface area contributed by atoms with Crippen LogP contribution < -0.4 is 5.32 Å². The van der Waals surface area contributed by atoms with Gasteiger partial charge in [0.1, 0.15) is 0 Å². The number of aliphatic hydroxyl groups is 2. The minimum atomic E-state index is -0.644. The standard InChI is InChI=1S/C13H18N2O2/c1-13(8-16,9-17)15-7-11-4-2-3-10-5-6-14-12(10)11/h2-6,14-17H,7-9H2,1H3. The molecule has 0 spiro atoms. The predicted octanol–water partition coefficient (Wildman–Crippen LogP) is 1.00. The third-order valence-corrected chi connectivity index (χ3v) is 3.08. The molecule has 0 aliphatic rings. The van der Waals surface area contributed by atoms with Crippen LogP contribution >= 0.6 is 0 Å². The molecule has 0 saturated carbocycles. The number of nitrogens with one attached hydrogen (secondary N) is 2. The van der Waals surface area contributed by atoms with Crippen molar-refractivity contribution in [3.8, 4) is 0 Å². The van der Waals surface area contributed by atoms with Crippen molar-refractivity contribution in [3.63, 3.8) is 0 Å². The molecule has 0 atom stereocenters. The van der Waals surface area contributed by atoms with Crippen molar-refractivity contribution in [1.82, 2.24) is 10.3 Å². The molecule has 0 radical (unpaired) electrons. The lowest BCUT2D eigenvalue weighted by atomic mass is 10.0. The van der Waals surface area contributed by atoms with Gasteiger partial charge < -0.3 is 20.5 Å². The van der Waals surface area contributed by atoms with Gasteiger partial charge in [-0.2, -0.15) is 0 Å². The zero-order valence-corrected chi connectivity index (χ0v) is 9.90. The quantitative estimate of drug-likeness (QED) is 0.624. The molecule has 4 nitrogen and oxygen atoms in total. The number of hydrogen-bond donors (Lipinski definition) is 4. The van der Waals surface area contributed by atoms with Crippen LogP contribution in [0, 0.1) is 0 Å². The molecule has 0 saturated heterocycles. The van der Waals surface area contributed by atoms with E-state index in [1.807, 2.05) is 30.5 Å². The van der Waals surface area contributed by atoms with E-state index in [1.165, 1.54) is 5.39 Å². The molecule has 17 heavy (non-hydrogen) atoms. The van der Waals surface area contributed by atoms with Gasteiger partial charge in [-0.05, 0) is 23.9 Å². The van der Waals surface area contributed by atoms with Gasteiger partial charge >= 0.3 is 0 Å². The van der Waals surface area contributed by atoms with Crippen LogP contribution in [-0.4, -0.2) is 33.9 Å². The van der Waals surface area contributed by atoms with E-state index in [4.69, 9.17) is 0 Å². The number of aromatic amines is 1. The van der Waals surface area contributed by atoms with Crippen LogP contribution in [0.25, 0.3) is 10.9 Å². The van der Waals surface area contributed by atoms with Gasteiger partial charge in [0.25, 0.3) is 0 Å². The highest BCUT2D eigenvalue weighted by Gasteiger charge is 2.21. The minimum absolute atomic E-state index is 0.0931. The molecule has 0 bridgehead atoms. The van der Waals surface area contributed by atoms with Gasteiger partial charge in [0.05, 0.1) is 18.8 Å². The van der Waals surface area contributed by atoms with Crippen molar-refractivity contribution >= 4 is 10.9 Å². The summed E-state index contributed by atoms with van der Waals surface area (Å²) in [6, 6.07) is 8.10. The largest absolute Gasteiger partial charge is 0.394 e. The van der Waals surface area contributed by atoms with Crippen LogP contribution in [0.5, 0.6) is 0 Å². The topological polar surface area (TPSA) is 68.3 Å². The van der Waals surface area contributed by atoms with Gasteiger partial charge in [-0.3, -0.25) is 0 Å². The zero-order chi connectivity index (χ0) is 12.3. The highest BCUT2D eigenvalue weighted by molar-refractivity contribution is 5.82. The number of H-pyrrole nitrogens is 1. The third-order valence-electron chi connectivity index (χ3n) is 3.08. The fourth-order valence-corrected chi connectivity index (χ4v) is 1.77. The number of benzene rings is 1. The first kappa shape index (κ1) is 12.1. The highest BCUT2D eigenvalue weighted by Crippen LogP contribution is 2.17. The first-order valence-electron chi connectivity index (χ1n) is 5.70. The van der Waals surface area contributed by atoms with Gasteiger partial charge in [0.2, 0.25) is 0 Å². The zero-order valence-electron chi connectivity index (χ0n) is 9.90. The van der Waals surface area contributed by atoms with Crippen LogP contribution in [0.1, 0.15) is 12.5 Å². The van der Waals surface area contributed by atoms with Crippen molar-refractivity contribution in [2.75, 3.05) is 13.2 Å². The lowest BCUT2D eigenvalue weighted by molar-refractivity contribution is 0.103. The van der Waals surface area contributed by atoms with E-state index < -0.39 is 5.54 Å². The van der Waals surface area contributed by atoms with Crippen molar-refractivity contribution in [1.29, 1.82) is 0 Å². The molecule has 0 aliphatic carbocycles. The van der Waals surface area contributed by atoms with E-state index in [0.717, 1.165) is 11.1 Å². The maximum Gasteiger partial charge on any atom is 0.0633 e. The molecule has 0 unspecified atom stereocenters. The maximum absolute atomic E-state index is 9.21. The number of aliphatic hydroxyl groups excluding tert-OH is 2. The number of aromatic nitrogens is 1. The van der Waals surface area contributed by atoms with E-state index in [0.29, 0.717) is 6.54 Å². The van der Waals surface area contributed by atoms with E-state index in [2.05, 4.69) is 10.3 Å². The van der Waals surface area contributed by atoms with Crippen LogP contribution in [0.15, 0.2) is 30.5 Å². The normalized spacial score (nSPS) is 12.2. The molecule has 92 valence electrons. The van der Waals surface area contributed by atoms with Gasteiger partial charge in [-0.25, -0.2) is 0 Å². The lowest BCUT2D eigenvalue weighted by Gasteiger charge is -2.26. The van der Waals surface area contributed by atoms with E-state index in [1.54, 1.807) is 6.92 Å². The second-order valence-corrected chi connectivity index (χ2v) is 4.59. The maximum atomic E-state index is 9.21. The summed E-state index contributed by atoms with van der Waals surface area (Å²) >= 11 is 0. The first-order chi connectivity index (χ1) is 8.18. The smallest absolute Gasteiger partial charge is 0.0633 e. The molecule has 2 aromatic rings. The number of para-hydroxylation sites is 1. The summed E-state index contributed by atoms with van der Waals surface area (Å²) in [6.45, 7) is 2.21. The van der Waals surface area contributed by atoms with Crippen LogP contribution in [0.2, 0.25) is 0 Å². The van der Waals surface area contributed by atoms with Crippen molar-refractivity contribution < 1.29 is 10.2 Å². The van der Waals surface area contributed by atoms with Gasteiger partial charge in [0.15, 0.2) is 0 Å². The Morgan fingerprint density at radius 1 is 1.24 bits per heavy atom. The highest BCUT2D eigenvalue weighted by atomic mass is 16.3. The van der Waals surface area contributed by atoms with Gasteiger partial charge in [0, 0.05) is 18.3 Å². The summed E-state index contributed by atoms with van der Waals surface area (Å²) in [5, 5.41) is 22.8. The number of hydrogen-bond acceptors (Lipinski definition) is 3. The first-order valence-corrected chi connectivity index (χ1v) is 5.70. The minimum Gasteiger partial charge on any atom is -0.394 e. The molecule has 0 fully saturated rings. The second-order valence-electron chi connectivity index (χ2n) is 4.59. The Kier molecular flexibility index (Phi) is 3.47. The average Bonchev–Trinajstić information content (AvgIpc) is 2.84. The summed E-state index contributed by atoms with van der Waals surface area (Å²) in [5.41, 5.74) is 1.58. The summed E-state index contributed by atoms with van der Waals surface area (Å²) in [5.74, 6) is 0. The fraction of sp³-hybridized carbons (Fsp3) is 0.385. The summed E-state index contributed by atoms with van der Waals surface area (Å²) in [6.07, 6.45) is 1.91. The summed E-state index contributed by atoms with van der Waals surface area (Å²) in [4.78, 5) is 3.20. The van der Waals surface area contributed by atoms with E-state index >= 15 is 0 Å². The monoisotopic (exact) mass is 234 g/mol. The van der Waals surface area contributed by atoms with Crippen molar-refractivity contribution in [2.45, 2.75) is 19.0 Å².